The zero-order valence-corrected chi connectivity index (χ0v) is 10.6. The summed E-state index contributed by atoms with van der Waals surface area (Å²) in [6, 6.07) is 5.10. The second-order valence-corrected chi connectivity index (χ2v) is 5.03. The Bertz CT molecular complexity index is 372. The Morgan fingerprint density at radius 1 is 1.50 bits per heavy atom. The molecule has 0 aliphatic carbocycles. The summed E-state index contributed by atoms with van der Waals surface area (Å²) >= 11 is 6.44. The molecule has 2 nitrogen and oxygen atoms in total. The number of alkyl halides is 1. The van der Waals surface area contributed by atoms with Gasteiger partial charge in [0.25, 0.3) is 0 Å². The van der Waals surface area contributed by atoms with Gasteiger partial charge in [0, 0.05) is 15.6 Å². The van der Waals surface area contributed by atoms with Crippen LogP contribution in [0.15, 0.2) is 22.7 Å². The molecule has 1 aromatic carbocycles. The van der Waals surface area contributed by atoms with Crippen LogP contribution in [-0.2, 0) is 0 Å². The molecule has 1 aromatic rings. The summed E-state index contributed by atoms with van der Waals surface area (Å²) in [5.74, 6) is -0.0976. The van der Waals surface area contributed by atoms with Crippen molar-refractivity contribution in [1.29, 1.82) is 0 Å². The number of carbonyl (C=O) groups excluding carboxylic acids is 2. The zero-order chi connectivity index (χ0) is 10.7. The van der Waals surface area contributed by atoms with Gasteiger partial charge in [0.05, 0.1) is 4.83 Å². The van der Waals surface area contributed by atoms with Crippen molar-refractivity contribution in [3.63, 3.8) is 0 Å². The first-order valence-corrected chi connectivity index (χ1v) is 5.70. The summed E-state index contributed by atoms with van der Waals surface area (Å²) in [4.78, 5) is 22.1. The van der Waals surface area contributed by atoms with E-state index < -0.39 is 0 Å². The average molecular weight is 320 g/mol. The fourth-order valence-electron chi connectivity index (χ4n) is 1.10. The molecule has 0 radical (unpaired) electrons. The smallest absolute Gasteiger partial charge is 0.178 e. The van der Waals surface area contributed by atoms with Crippen molar-refractivity contribution in [2.75, 3.05) is 0 Å². The number of benzene rings is 1. The van der Waals surface area contributed by atoms with Crippen LogP contribution in [0, 0.1) is 0 Å². The van der Waals surface area contributed by atoms with Crippen LogP contribution in [0.4, 0.5) is 0 Å². The van der Waals surface area contributed by atoms with Crippen LogP contribution < -0.4 is 0 Å². The van der Waals surface area contributed by atoms with E-state index in [4.69, 9.17) is 0 Å². The Hall–Kier alpha value is -0.480. The number of hydrogen-bond acceptors (Lipinski definition) is 2. The minimum absolute atomic E-state index is 0.0976. The molecule has 0 spiro atoms. The Morgan fingerprint density at radius 3 is 2.64 bits per heavy atom. The third-order valence-corrected chi connectivity index (χ3v) is 2.86. The predicted octanol–water partition coefficient (Wildman–Crippen LogP) is 3.23. The highest BCUT2D eigenvalue weighted by atomic mass is 79.9. The Morgan fingerprint density at radius 2 is 2.14 bits per heavy atom. The van der Waals surface area contributed by atoms with E-state index in [1.165, 1.54) is 0 Å². The molecule has 0 bridgehead atoms. The SMILES string of the molecule is CC(Br)C(=O)c1c(Br)cccc1C=O. The lowest BCUT2D eigenvalue weighted by Crippen LogP contribution is -2.13. The van der Waals surface area contributed by atoms with Crippen molar-refractivity contribution >= 4 is 43.9 Å². The summed E-state index contributed by atoms with van der Waals surface area (Å²) in [6.45, 7) is 1.73. The van der Waals surface area contributed by atoms with Gasteiger partial charge in [0.1, 0.15) is 0 Å². The van der Waals surface area contributed by atoms with Crippen molar-refractivity contribution in [3.8, 4) is 0 Å². The topological polar surface area (TPSA) is 34.1 Å². The molecule has 0 saturated carbocycles. The minimum Gasteiger partial charge on any atom is -0.298 e. The zero-order valence-electron chi connectivity index (χ0n) is 7.46. The Labute approximate surface area is 98.9 Å². The van der Waals surface area contributed by atoms with Gasteiger partial charge >= 0.3 is 0 Å². The van der Waals surface area contributed by atoms with Gasteiger partial charge in [-0.15, -0.1) is 0 Å². The molecule has 0 aromatic heterocycles. The summed E-state index contributed by atoms with van der Waals surface area (Å²) in [5.41, 5.74) is 0.850. The molecule has 0 aliphatic rings. The van der Waals surface area contributed by atoms with E-state index in [0.717, 1.165) is 0 Å². The fraction of sp³-hybridized carbons (Fsp3) is 0.200. The monoisotopic (exact) mass is 318 g/mol. The van der Waals surface area contributed by atoms with Crippen molar-refractivity contribution in [1.82, 2.24) is 0 Å². The predicted molar refractivity (Wildman–Crippen MR) is 62.2 cm³/mol. The van der Waals surface area contributed by atoms with Gasteiger partial charge in [-0.1, -0.05) is 44.0 Å². The van der Waals surface area contributed by atoms with Crippen LogP contribution in [0.1, 0.15) is 27.6 Å². The van der Waals surface area contributed by atoms with E-state index in [1.54, 1.807) is 25.1 Å². The normalized spacial score (nSPS) is 12.2. The van der Waals surface area contributed by atoms with Gasteiger partial charge in [-0.3, -0.25) is 9.59 Å². The highest BCUT2D eigenvalue weighted by molar-refractivity contribution is 9.10. The fourth-order valence-corrected chi connectivity index (χ4v) is 1.90. The molecule has 0 N–H and O–H groups in total. The van der Waals surface area contributed by atoms with Crippen LogP contribution >= 0.6 is 31.9 Å². The molecule has 1 atom stereocenters. The molecule has 74 valence electrons. The average Bonchev–Trinajstić information content (AvgIpc) is 2.16. The van der Waals surface area contributed by atoms with Crippen molar-refractivity contribution in [3.05, 3.63) is 33.8 Å². The summed E-state index contributed by atoms with van der Waals surface area (Å²) in [5, 5.41) is 0. The molecular weight excluding hydrogens is 312 g/mol. The molecule has 0 heterocycles. The molecular formula is C10H8Br2O2. The van der Waals surface area contributed by atoms with Crippen LogP contribution in [0.3, 0.4) is 0 Å². The number of halogens is 2. The third kappa shape index (κ3) is 2.30. The first-order valence-electron chi connectivity index (χ1n) is 4.00. The third-order valence-electron chi connectivity index (χ3n) is 1.78. The lowest BCUT2D eigenvalue weighted by molar-refractivity contribution is 0.0988. The molecule has 0 fully saturated rings. The van der Waals surface area contributed by atoms with Gasteiger partial charge in [0.2, 0.25) is 0 Å². The second-order valence-electron chi connectivity index (χ2n) is 2.80. The number of aldehydes is 1. The van der Waals surface area contributed by atoms with E-state index in [1.807, 2.05) is 0 Å². The van der Waals surface area contributed by atoms with E-state index in [-0.39, 0.29) is 10.6 Å². The van der Waals surface area contributed by atoms with Crippen molar-refractivity contribution < 1.29 is 9.59 Å². The largest absolute Gasteiger partial charge is 0.298 e. The van der Waals surface area contributed by atoms with Crippen molar-refractivity contribution in [2.45, 2.75) is 11.8 Å². The van der Waals surface area contributed by atoms with Crippen LogP contribution in [0.25, 0.3) is 0 Å². The lowest BCUT2D eigenvalue weighted by atomic mass is 10.0. The number of rotatable bonds is 3. The van der Waals surface area contributed by atoms with Gasteiger partial charge in [0.15, 0.2) is 12.1 Å². The van der Waals surface area contributed by atoms with E-state index in [2.05, 4.69) is 31.9 Å². The first kappa shape index (κ1) is 11.6. The minimum atomic E-state index is -0.292. The Balaban J connectivity index is 3.30. The van der Waals surface area contributed by atoms with E-state index in [0.29, 0.717) is 21.9 Å². The highest BCUT2D eigenvalue weighted by Crippen LogP contribution is 2.22. The molecule has 0 saturated heterocycles. The molecule has 4 heteroatoms. The molecule has 0 aliphatic heterocycles. The molecule has 0 amide bonds. The Kier molecular flexibility index (Phi) is 4.01. The van der Waals surface area contributed by atoms with Crippen LogP contribution in [0.2, 0.25) is 0 Å². The lowest BCUT2D eigenvalue weighted by Gasteiger charge is -2.07. The molecule has 1 rings (SSSR count). The van der Waals surface area contributed by atoms with E-state index >= 15 is 0 Å². The number of ketones is 1. The van der Waals surface area contributed by atoms with Crippen LogP contribution in [0.5, 0.6) is 0 Å². The van der Waals surface area contributed by atoms with E-state index in [9.17, 15) is 9.59 Å². The van der Waals surface area contributed by atoms with Gasteiger partial charge in [-0.05, 0) is 13.0 Å². The first-order chi connectivity index (χ1) is 6.57. The molecule has 1 unspecified atom stereocenters. The van der Waals surface area contributed by atoms with Gasteiger partial charge in [-0.2, -0.15) is 0 Å². The quantitative estimate of drug-likeness (QED) is 0.487. The summed E-state index contributed by atoms with van der Waals surface area (Å²) in [7, 11) is 0. The second kappa shape index (κ2) is 4.84. The maximum Gasteiger partial charge on any atom is 0.178 e. The number of hydrogen-bond donors (Lipinski definition) is 0. The summed E-state index contributed by atoms with van der Waals surface area (Å²) in [6.07, 6.45) is 0.688. The molecule has 14 heavy (non-hydrogen) atoms. The maximum atomic E-state index is 11.7. The van der Waals surface area contributed by atoms with Crippen molar-refractivity contribution in [2.24, 2.45) is 0 Å². The van der Waals surface area contributed by atoms with Gasteiger partial charge in [-0.25, -0.2) is 0 Å². The highest BCUT2D eigenvalue weighted by Gasteiger charge is 2.18. The standard InChI is InChI=1S/C10H8Br2O2/c1-6(11)10(14)9-7(5-13)3-2-4-8(9)12/h2-6H,1H3. The van der Waals surface area contributed by atoms with Crippen LogP contribution in [-0.4, -0.2) is 16.9 Å². The van der Waals surface area contributed by atoms with Gasteiger partial charge < -0.3 is 0 Å². The summed E-state index contributed by atoms with van der Waals surface area (Å²) < 4.78 is 0.651. The maximum absolute atomic E-state index is 11.7. The number of Topliss-reactive ketones (excluding diaryl/α,β-unsaturated/α-hetero) is 1. The number of carbonyl (C=O) groups is 2.